The van der Waals surface area contributed by atoms with E-state index in [9.17, 15) is 0 Å². The molecule has 0 aromatic rings. The molecule has 0 heterocycles. The van der Waals surface area contributed by atoms with Crippen molar-refractivity contribution in [3.8, 4) is 0 Å². The van der Waals surface area contributed by atoms with Gasteiger partial charge in [0.1, 0.15) is 0 Å². The lowest BCUT2D eigenvalue weighted by atomic mass is 9.73. The van der Waals surface area contributed by atoms with Crippen LogP contribution in [0.25, 0.3) is 0 Å². The molecule has 0 aromatic carbocycles. The van der Waals surface area contributed by atoms with Gasteiger partial charge in [-0.15, -0.1) is 0 Å². The largest absolute Gasteiger partial charge is 0.306 e. The van der Waals surface area contributed by atoms with Crippen LogP contribution < -0.4 is 0 Å². The first-order valence-corrected chi connectivity index (χ1v) is 5.88. The van der Waals surface area contributed by atoms with Gasteiger partial charge >= 0.3 is 0 Å². The van der Waals surface area contributed by atoms with Crippen LogP contribution in [0.15, 0.2) is 0 Å². The fraction of sp³-hybridized carbons (Fsp3) is 1.00. The van der Waals surface area contributed by atoms with Crippen LogP contribution in [0.1, 0.15) is 48.0 Å². The van der Waals surface area contributed by atoms with E-state index in [1.807, 2.05) is 0 Å². The molecule has 0 radical (unpaired) electrons. The van der Waals surface area contributed by atoms with E-state index in [1.165, 1.54) is 6.42 Å². The van der Waals surface area contributed by atoms with E-state index in [0.717, 1.165) is 11.8 Å². The van der Waals surface area contributed by atoms with Crippen LogP contribution in [-0.2, 0) is 0 Å². The molecule has 0 rings (SSSR count). The van der Waals surface area contributed by atoms with E-state index in [0.29, 0.717) is 11.5 Å². The van der Waals surface area contributed by atoms with Crippen molar-refractivity contribution < 1.29 is 0 Å². The highest BCUT2D eigenvalue weighted by Gasteiger charge is 2.34. The topological polar surface area (TPSA) is 3.24 Å². The molecular weight excluding hydrogens is 170 g/mol. The van der Waals surface area contributed by atoms with Gasteiger partial charge in [-0.05, 0) is 31.3 Å². The Bertz CT molecular complexity index is 153. The highest BCUT2D eigenvalue weighted by Crippen LogP contribution is 2.34. The third kappa shape index (κ3) is 3.61. The van der Waals surface area contributed by atoms with Crippen molar-refractivity contribution in [2.75, 3.05) is 14.1 Å². The van der Waals surface area contributed by atoms with Crippen molar-refractivity contribution in [3.05, 3.63) is 0 Å². The van der Waals surface area contributed by atoms with Crippen LogP contribution in [0, 0.1) is 17.3 Å². The zero-order chi connectivity index (χ0) is 11.5. The third-order valence-corrected chi connectivity index (χ3v) is 3.18. The summed E-state index contributed by atoms with van der Waals surface area (Å²) in [5.74, 6) is 1.57. The smallest absolute Gasteiger partial charge is 0.0168 e. The SMILES string of the molecule is CCC(C(C)C)C(N(C)C)C(C)(C)C. The maximum atomic E-state index is 2.40. The second kappa shape index (κ2) is 5.16. The molecule has 0 fully saturated rings. The first-order valence-electron chi connectivity index (χ1n) is 5.88. The van der Waals surface area contributed by atoms with Crippen LogP contribution in [0.4, 0.5) is 0 Å². The van der Waals surface area contributed by atoms with Crippen LogP contribution in [-0.4, -0.2) is 25.0 Å². The van der Waals surface area contributed by atoms with Gasteiger partial charge in [0.05, 0.1) is 0 Å². The van der Waals surface area contributed by atoms with Gasteiger partial charge in [-0.3, -0.25) is 0 Å². The molecule has 1 heteroatoms. The van der Waals surface area contributed by atoms with Crippen molar-refractivity contribution in [3.63, 3.8) is 0 Å². The summed E-state index contributed by atoms with van der Waals surface area (Å²) in [4.78, 5) is 2.40. The first kappa shape index (κ1) is 14.0. The summed E-state index contributed by atoms with van der Waals surface area (Å²) in [5, 5.41) is 0. The fourth-order valence-corrected chi connectivity index (χ4v) is 2.86. The summed E-state index contributed by atoms with van der Waals surface area (Å²) in [6.07, 6.45) is 1.28. The minimum absolute atomic E-state index is 0.369. The average molecular weight is 199 g/mol. The summed E-state index contributed by atoms with van der Waals surface area (Å²) in [5.41, 5.74) is 0.369. The lowest BCUT2D eigenvalue weighted by Gasteiger charge is -2.43. The molecule has 86 valence electrons. The molecule has 0 aliphatic heterocycles. The number of hydrogen-bond donors (Lipinski definition) is 0. The molecule has 0 saturated heterocycles. The van der Waals surface area contributed by atoms with E-state index in [1.54, 1.807) is 0 Å². The monoisotopic (exact) mass is 199 g/mol. The second-order valence-corrected chi connectivity index (χ2v) is 6.09. The van der Waals surface area contributed by atoms with Gasteiger partial charge in [0, 0.05) is 6.04 Å². The third-order valence-electron chi connectivity index (χ3n) is 3.18. The highest BCUT2D eigenvalue weighted by molar-refractivity contribution is 4.87. The van der Waals surface area contributed by atoms with Gasteiger partial charge in [0.15, 0.2) is 0 Å². The van der Waals surface area contributed by atoms with Crippen molar-refractivity contribution in [1.82, 2.24) is 4.90 Å². The Hall–Kier alpha value is -0.0400. The average Bonchev–Trinajstić information content (AvgIpc) is 1.95. The molecule has 0 aromatic heterocycles. The molecule has 1 nitrogen and oxygen atoms in total. The molecule has 0 saturated carbocycles. The molecule has 0 bridgehead atoms. The quantitative estimate of drug-likeness (QED) is 0.668. The van der Waals surface area contributed by atoms with Gasteiger partial charge in [0.25, 0.3) is 0 Å². The Kier molecular flexibility index (Phi) is 5.14. The van der Waals surface area contributed by atoms with Gasteiger partial charge in [-0.2, -0.15) is 0 Å². The summed E-state index contributed by atoms with van der Waals surface area (Å²) in [6, 6.07) is 0.674. The van der Waals surface area contributed by atoms with E-state index >= 15 is 0 Å². The summed E-state index contributed by atoms with van der Waals surface area (Å²) >= 11 is 0. The van der Waals surface area contributed by atoms with E-state index < -0.39 is 0 Å². The van der Waals surface area contributed by atoms with E-state index in [2.05, 4.69) is 60.5 Å². The van der Waals surface area contributed by atoms with Gasteiger partial charge in [-0.25, -0.2) is 0 Å². The fourth-order valence-electron chi connectivity index (χ4n) is 2.86. The van der Waals surface area contributed by atoms with Crippen molar-refractivity contribution in [2.24, 2.45) is 17.3 Å². The Morgan fingerprint density at radius 2 is 1.50 bits per heavy atom. The summed E-state index contributed by atoms with van der Waals surface area (Å²) in [6.45, 7) is 14.0. The second-order valence-electron chi connectivity index (χ2n) is 6.09. The van der Waals surface area contributed by atoms with Crippen LogP contribution in [0.2, 0.25) is 0 Å². The maximum Gasteiger partial charge on any atom is 0.0168 e. The Morgan fingerprint density at radius 1 is 1.07 bits per heavy atom. The Labute approximate surface area is 90.9 Å². The zero-order valence-corrected chi connectivity index (χ0v) is 11.4. The van der Waals surface area contributed by atoms with Gasteiger partial charge < -0.3 is 4.90 Å². The molecule has 0 amide bonds. The molecule has 14 heavy (non-hydrogen) atoms. The van der Waals surface area contributed by atoms with Crippen molar-refractivity contribution in [1.29, 1.82) is 0 Å². The molecule has 0 spiro atoms. The molecule has 0 N–H and O–H groups in total. The van der Waals surface area contributed by atoms with Gasteiger partial charge in [-0.1, -0.05) is 48.0 Å². The summed E-state index contributed by atoms with van der Waals surface area (Å²) in [7, 11) is 4.42. The van der Waals surface area contributed by atoms with Crippen molar-refractivity contribution in [2.45, 2.75) is 54.0 Å². The predicted molar refractivity (Wildman–Crippen MR) is 65.5 cm³/mol. The van der Waals surface area contributed by atoms with E-state index in [4.69, 9.17) is 0 Å². The number of rotatable bonds is 4. The maximum absolute atomic E-state index is 2.40. The van der Waals surface area contributed by atoms with Gasteiger partial charge in [0.2, 0.25) is 0 Å². The number of nitrogens with zero attached hydrogens (tertiary/aromatic N) is 1. The predicted octanol–water partition coefficient (Wildman–Crippen LogP) is 3.64. The molecule has 2 atom stereocenters. The molecular formula is C13H29N. The van der Waals surface area contributed by atoms with E-state index in [-0.39, 0.29) is 0 Å². The lowest BCUT2D eigenvalue weighted by Crippen LogP contribution is -2.46. The minimum Gasteiger partial charge on any atom is -0.306 e. The molecule has 2 unspecified atom stereocenters. The number of hydrogen-bond acceptors (Lipinski definition) is 1. The zero-order valence-electron chi connectivity index (χ0n) is 11.4. The standard InChI is InChI=1S/C13H29N/c1-9-11(10(2)3)12(14(7)8)13(4,5)6/h10-12H,9H2,1-8H3. The Balaban J connectivity index is 4.80. The first-order chi connectivity index (χ1) is 6.21. The molecule has 0 aliphatic carbocycles. The van der Waals surface area contributed by atoms with Crippen LogP contribution in [0.3, 0.4) is 0 Å². The van der Waals surface area contributed by atoms with Crippen molar-refractivity contribution >= 4 is 0 Å². The summed E-state index contributed by atoms with van der Waals surface area (Å²) < 4.78 is 0. The Morgan fingerprint density at radius 3 is 1.57 bits per heavy atom. The highest BCUT2D eigenvalue weighted by atomic mass is 15.1. The molecule has 0 aliphatic rings. The lowest BCUT2D eigenvalue weighted by molar-refractivity contribution is 0.0668. The van der Waals surface area contributed by atoms with Crippen LogP contribution in [0.5, 0.6) is 0 Å². The minimum atomic E-state index is 0.369. The normalized spacial score (nSPS) is 17.6. The van der Waals surface area contributed by atoms with Crippen LogP contribution >= 0.6 is 0 Å².